The summed E-state index contributed by atoms with van der Waals surface area (Å²) in [6.45, 7) is 4.08. The Kier molecular flexibility index (Phi) is 6.37. The zero-order valence-corrected chi connectivity index (χ0v) is 20.2. The summed E-state index contributed by atoms with van der Waals surface area (Å²) >= 11 is 1.33. The number of nitrogens with one attached hydrogen (secondary N) is 1. The van der Waals surface area contributed by atoms with Crippen molar-refractivity contribution in [2.75, 3.05) is 11.1 Å². The number of benzene rings is 3. The second-order valence-electron chi connectivity index (χ2n) is 8.35. The number of carbonyl (C=O) groups is 2. The molecule has 8 heteroatoms. The predicted molar refractivity (Wildman–Crippen MR) is 135 cm³/mol. The van der Waals surface area contributed by atoms with Crippen LogP contribution in [0.4, 0.5) is 5.69 Å². The number of aromatic nitrogens is 3. The average Bonchev–Trinajstić information content (AvgIpc) is 3.42. The highest BCUT2D eigenvalue weighted by atomic mass is 32.2. The minimum atomic E-state index is -0.262. The molecule has 7 nitrogen and oxygen atoms in total. The fourth-order valence-corrected chi connectivity index (χ4v) is 4.85. The topological polar surface area (TPSA) is 86.1 Å². The van der Waals surface area contributed by atoms with Crippen LogP contribution in [0.2, 0.25) is 0 Å². The van der Waals surface area contributed by atoms with Crippen LogP contribution < -0.4 is 10.1 Å². The first-order chi connectivity index (χ1) is 17.0. The highest BCUT2D eigenvalue weighted by Gasteiger charge is 2.27. The zero-order valence-electron chi connectivity index (χ0n) is 19.4. The molecule has 1 aliphatic rings. The molecule has 0 saturated carbocycles. The number of carbonyl (C=O) groups excluding carboxylic acids is 2. The normalized spacial score (nSPS) is 14.5. The summed E-state index contributed by atoms with van der Waals surface area (Å²) < 4.78 is 7.94. The summed E-state index contributed by atoms with van der Waals surface area (Å²) in [6.07, 6.45) is 0. The van der Waals surface area contributed by atoms with E-state index in [0.717, 1.165) is 28.3 Å². The first kappa shape index (κ1) is 22.9. The van der Waals surface area contributed by atoms with Gasteiger partial charge in [0.2, 0.25) is 5.91 Å². The number of anilines is 1. The Morgan fingerprint density at radius 1 is 1.06 bits per heavy atom. The number of thioether (sulfide) groups is 1. The number of para-hydroxylation sites is 2. The van der Waals surface area contributed by atoms with Gasteiger partial charge in [0.1, 0.15) is 12.4 Å². The van der Waals surface area contributed by atoms with Crippen LogP contribution in [0.1, 0.15) is 40.2 Å². The zero-order chi connectivity index (χ0) is 24.4. The van der Waals surface area contributed by atoms with E-state index in [1.165, 1.54) is 11.8 Å². The summed E-state index contributed by atoms with van der Waals surface area (Å²) in [6, 6.07) is 23.0. The summed E-state index contributed by atoms with van der Waals surface area (Å²) in [5.74, 6) is 1.28. The number of ether oxygens (including phenoxy) is 1. The molecule has 2 heterocycles. The van der Waals surface area contributed by atoms with Gasteiger partial charge in [-0.15, -0.1) is 10.2 Å². The van der Waals surface area contributed by atoms with E-state index in [9.17, 15) is 9.59 Å². The van der Waals surface area contributed by atoms with Crippen molar-refractivity contribution in [3.05, 3.63) is 95.3 Å². The SMILES string of the molecule is Cc1ccccc1OCc1nnc(SCC(=O)c2ccc3c(c2)C(C)C(=O)N3)n1-c1ccccc1. The van der Waals surface area contributed by atoms with Gasteiger partial charge in [0, 0.05) is 16.9 Å². The minimum absolute atomic E-state index is 0.0373. The van der Waals surface area contributed by atoms with Crippen molar-refractivity contribution in [3.63, 3.8) is 0 Å². The summed E-state index contributed by atoms with van der Waals surface area (Å²) in [5, 5.41) is 12.2. The molecule has 1 unspecified atom stereocenters. The second-order valence-corrected chi connectivity index (χ2v) is 9.29. The first-order valence-electron chi connectivity index (χ1n) is 11.3. The molecule has 1 aliphatic heterocycles. The molecule has 0 bridgehead atoms. The van der Waals surface area contributed by atoms with Crippen LogP contribution in [-0.2, 0) is 11.4 Å². The van der Waals surface area contributed by atoms with E-state index >= 15 is 0 Å². The molecule has 0 spiro atoms. The highest BCUT2D eigenvalue weighted by molar-refractivity contribution is 7.99. The Balaban J connectivity index is 1.36. The van der Waals surface area contributed by atoms with E-state index in [1.54, 1.807) is 12.1 Å². The molecule has 35 heavy (non-hydrogen) atoms. The van der Waals surface area contributed by atoms with Gasteiger partial charge in [-0.25, -0.2) is 0 Å². The van der Waals surface area contributed by atoms with Crippen molar-refractivity contribution < 1.29 is 14.3 Å². The molecule has 1 aromatic heterocycles. The molecule has 0 fully saturated rings. The lowest BCUT2D eigenvalue weighted by Crippen LogP contribution is -2.09. The smallest absolute Gasteiger partial charge is 0.231 e. The van der Waals surface area contributed by atoms with Crippen molar-refractivity contribution in [1.82, 2.24) is 14.8 Å². The molecule has 4 aromatic rings. The third-order valence-electron chi connectivity index (χ3n) is 5.99. The van der Waals surface area contributed by atoms with E-state index in [4.69, 9.17) is 4.74 Å². The molecule has 176 valence electrons. The van der Waals surface area contributed by atoms with Crippen LogP contribution in [0.3, 0.4) is 0 Å². The number of hydrogen-bond donors (Lipinski definition) is 1. The lowest BCUT2D eigenvalue weighted by molar-refractivity contribution is -0.116. The van der Waals surface area contributed by atoms with Crippen molar-refractivity contribution in [2.45, 2.75) is 31.5 Å². The first-order valence-corrected chi connectivity index (χ1v) is 12.3. The Hall–Kier alpha value is -3.91. The molecule has 5 rings (SSSR count). The minimum Gasteiger partial charge on any atom is -0.485 e. The molecular formula is C27H24N4O3S. The molecule has 0 aliphatic carbocycles. The van der Waals surface area contributed by atoms with Gasteiger partial charge in [0.25, 0.3) is 0 Å². The third-order valence-corrected chi connectivity index (χ3v) is 6.92. The van der Waals surface area contributed by atoms with E-state index < -0.39 is 0 Å². The van der Waals surface area contributed by atoms with Gasteiger partial charge in [0.15, 0.2) is 16.8 Å². The van der Waals surface area contributed by atoms with E-state index in [-0.39, 0.29) is 30.0 Å². The van der Waals surface area contributed by atoms with Gasteiger partial charge < -0.3 is 10.1 Å². The van der Waals surface area contributed by atoms with Crippen LogP contribution in [0.25, 0.3) is 5.69 Å². The quantitative estimate of drug-likeness (QED) is 0.274. The van der Waals surface area contributed by atoms with Gasteiger partial charge in [-0.05, 0) is 61.4 Å². The number of amides is 1. The number of hydrogen-bond acceptors (Lipinski definition) is 6. The number of aryl methyl sites for hydroxylation is 1. The van der Waals surface area contributed by atoms with Gasteiger partial charge in [-0.2, -0.15) is 0 Å². The Morgan fingerprint density at radius 2 is 1.83 bits per heavy atom. The Labute approximate surface area is 207 Å². The second kappa shape index (κ2) is 9.76. The molecule has 1 amide bonds. The summed E-state index contributed by atoms with van der Waals surface area (Å²) in [4.78, 5) is 24.9. The maximum absolute atomic E-state index is 13.0. The maximum Gasteiger partial charge on any atom is 0.231 e. The number of fused-ring (bicyclic) bond motifs is 1. The highest BCUT2D eigenvalue weighted by Crippen LogP contribution is 2.33. The molecule has 0 radical (unpaired) electrons. The molecule has 3 aromatic carbocycles. The molecular weight excluding hydrogens is 460 g/mol. The monoisotopic (exact) mass is 484 g/mol. The fraction of sp³-hybridized carbons (Fsp3) is 0.185. The van der Waals surface area contributed by atoms with Crippen LogP contribution >= 0.6 is 11.8 Å². The molecule has 1 atom stereocenters. The lowest BCUT2D eigenvalue weighted by atomic mass is 9.99. The lowest BCUT2D eigenvalue weighted by Gasteiger charge is -2.12. The number of Topliss-reactive ketones (excluding diaryl/α,β-unsaturated/α-hetero) is 1. The van der Waals surface area contributed by atoms with E-state index in [1.807, 2.05) is 79.1 Å². The van der Waals surface area contributed by atoms with Gasteiger partial charge in [0.05, 0.1) is 11.7 Å². The number of ketones is 1. The third kappa shape index (κ3) is 4.70. The van der Waals surface area contributed by atoms with E-state index in [2.05, 4.69) is 15.5 Å². The van der Waals surface area contributed by atoms with Crippen molar-refractivity contribution >= 4 is 29.1 Å². The van der Waals surface area contributed by atoms with Gasteiger partial charge in [-0.3, -0.25) is 14.2 Å². The maximum atomic E-state index is 13.0. The summed E-state index contributed by atoms with van der Waals surface area (Å²) in [7, 11) is 0. The van der Waals surface area contributed by atoms with E-state index in [0.29, 0.717) is 16.5 Å². The van der Waals surface area contributed by atoms with Crippen LogP contribution in [0, 0.1) is 6.92 Å². The van der Waals surface area contributed by atoms with Gasteiger partial charge in [-0.1, -0.05) is 48.2 Å². The average molecular weight is 485 g/mol. The molecule has 1 N–H and O–H groups in total. The van der Waals surface area contributed by atoms with Crippen molar-refractivity contribution in [1.29, 1.82) is 0 Å². The fourth-order valence-electron chi connectivity index (χ4n) is 3.99. The largest absolute Gasteiger partial charge is 0.485 e. The van der Waals surface area contributed by atoms with Crippen molar-refractivity contribution in [2.24, 2.45) is 0 Å². The van der Waals surface area contributed by atoms with Gasteiger partial charge >= 0.3 is 0 Å². The Bertz CT molecular complexity index is 1400. The van der Waals surface area contributed by atoms with Crippen LogP contribution in [0.15, 0.2) is 78.0 Å². The van der Waals surface area contributed by atoms with Crippen LogP contribution in [-0.4, -0.2) is 32.2 Å². The molecule has 0 saturated heterocycles. The predicted octanol–water partition coefficient (Wildman–Crippen LogP) is 5.19. The number of nitrogens with zero attached hydrogens (tertiary/aromatic N) is 3. The van der Waals surface area contributed by atoms with Crippen LogP contribution in [0.5, 0.6) is 5.75 Å². The standard InChI is InChI=1S/C27H24N4O3S/c1-17-8-6-7-11-24(17)34-15-25-29-30-27(31(25)20-9-4-3-5-10-20)35-16-23(32)19-12-13-22-21(14-19)18(2)26(33)28-22/h3-14,18H,15-16H2,1-2H3,(H,28,33). The number of rotatable bonds is 8. The summed E-state index contributed by atoms with van der Waals surface area (Å²) in [5.41, 5.74) is 4.14. The Morgan fingerprint density at radius 3 is 2.63 bits per heavy atom. The van der Waals surface area contributed by atoms with Crippen molar-refractivity contribution in [3.8, 4) is 11.4 Å².